The summed E-state index contributed by atoms with van der Waals surface area (Å²) in [7, 11) is 0. The van der Waals surface area contributed by atoms with Crippen LogP contribution < -0.4 is 4.74 Å². The second-order valence-corrected chi connectivity index (χ2v) is 4.50. The third kappa shape index (κ3) is 2.54. The van der Waals surface area contributed by atoms with E-state index in [1.54, 1.807) is 0 Å². The average molecular weight is 236 g/mol. The van der Waals surface area contributed by atoms with Crippen molar-refractivity contribution in [3.05, 3.63) is 17.1 Å². The number of hydrogen-bond donors (Lipinski definition) is 1. The summed E-state index contributed by atoms with van der Waals surface area (Å²) < 4.78 is 5.25. The first-order chi connectivity index (χ1) is 8.08. The van der Waals surface area contributed by atoms with Gasteiger partial charge in [-0.2, -0.15) is 4.98 Å². The first-order valence-electron chi connectivity index (χ1n) is 5.82. The number of ether oxygens (including phenoxy) is 1. The van der Waals surface area contributed by atoms with Crippen LogP contribution in [-0.2, 0) is 17.6 Å². The van der Waals surface area contributed by atoms with Crippen molar-refractivity contribution >= 4 is 5.97 Å². The van der Waals surface area contributed by atoms with E-state index in [0.29, 0.717) is 5.88 Å². The van der Waals surface area contributed by atoms with Crippen molar-refractivity contribution in [2.24, 2.45) is 0 Å². The molecule has 92 valence electrons. The van der Waals surface area contributed by atoms with Gasteiger partial charge in [-0.25, -0.2) is 9.78 Å². The lowest BCUT2D eigenvalue weighted by atomic mass is 10.2. The average Bonchev–Trinajstić information content (AvgIpc) is 2.73. The van der Waals surface area contributed by atoms with Crippen LogP contribution in [-0.4, -0.2) is 27.7 Å². The van der Waals surface area contributed by atoms with Crippen molar-refractivity contribution in [2.75, 3.05) is 6.61 Å². The summed E-state index contributed by atoms with van der Waals surface area (Å²) >= 11 is 0. The van der Waals surface area contributed by atoms with Gasteiger partial charge in [0.25, 0.3) is 0 Å². The molecule has 0 fully saturated rings. The summed E-state index contributed by atoms with van der Waals surface area (Å²) in [5.74, 6) is 0.416. The standard InChI is InChI=1S/C12H16N2O3/c1-7(2)11-13-9-5-3-4-8(9)12(14-11)17-6-10(15)16/h7H,3-6H2,1-2H3,(H,15,16). The highest BCUT2D eigenvalue weighted by Gasteiger charge is 2.21. The SMILES string of the molecule is CC(C)c1nc2c(c(OCC(=O)O)n1)CCC2. The number of carbonyl (C=O) groups is 1. The fourth-order valence-electron chi connectivity index (χ4n) is 1.92. The molecule has 17 heavy (non-hydrogen) atoms. The lowest BCUT2D eigenvalue weighted by Gasteiger charge is -2.11. The fraction of sp³-hybridized carbons (Fsp3) is 0.583. The maximum Gasteiger partial charge on any atom is 0.341 e. The molecule has 0 aromatic carbocycles. The van der Waals surface area contributed by atoms with Crippen LogP contribution in [0, 0.1) is 0 Å². The monoisotopic (exact) mass is 236 g/mol. The Balaban J connectivity index is 2.32. The molecular formula is C12H16N2O3. The minimum Gasteiger partial charge on any atom is -0.479 e. The summed E-state index contributed by atoms with van der Waals surface area (Å²) in [6.45, 7) is 3.68. The molecule has 5 nitrogen and oxygen atoms in total. The second-order valence-electron chi connectivity index (χ2n) is 4.50. The number of aryl methyl sites for hydroxylation is 1. The number of carboxylic acid groups (broad SMARTS) is 1. The van der Waals surface area contributed by atoms with Crippen LogP contribution in [0.15, 0.2) is 0 Å². The highest BCUT2D eigenvalue weighted by Crippen LogP contribution is 2.29. The molecule has 0 amide bonds. The van der Waals surface area contributed by atoms with Crippen LogP contribution in [0.4, 0.5) is 0 Å². The van der Waals surface area contributed by atoms with Crippen LogP contribution in [0.2, 0.25) is 0 Å². The van der Waals surface area contributed by atoms with Gasteiger partial charge in [0.15, 0.2) is 6.61 Å². The molecule has 1 heterocycles. The number of aromatic nitrogens is 2. The molecule has 0 bridgehead atoms. The third-order valence-electron chi connectivity index (χ3n) is 2.76. The highest BCUT2D eigenvalue weighted by atomic mass is 16.5. The molecule has 2 rings (SSSR count). The van der Waals surface area contributed by atoms with Crippen LogP contribution in [0.5, 0.6) is 5.88 Å². The lowest BCUT2D eigenvalue weighted by Crippen LogP contribution is -2.13. The van der Waals surface area contributed by atoms with E-state index in [0.717, 1.165) is 36.3 Å². The van der Waals surface area contributed by atoms with Crippen molar-refractivity contribution in [3.63, 3.8) is 0 Å². The fourth-order valence-corrected chi connectivity index (χ4v) is 1.92. The molecule has 0 radical (unpaired) electrons. The maximum atomic E-state index is 10.5. The summed E-state index contributed by atoms with van der Waals surface area (Å²) in [5.41, 5.74) is 2.00. The number of hydrogen-bond acceptors (Lipinski definition) is 4. The summed E-state index contributed by atoms with van der Waals surface area (Å²) in [6, 6.07) is 0. The Labute approximate surface area is 99.9 Å². The molecule has 0 atom stereocenters. The smallest absolute Gasteiger partial charge is 0.341 e. The van der Waals surface area contributed by atoms with Gasteiger partial charge in [-0.15, -0.1) is 0 Å². The van der Waals surface area contributed by atoms with E-state index in [1.807, 2.05) is 13.8 Å². The Morgan fingerprint density at radius 1 is 1.41 bits per heavy atom. The van der Waals surface area contributed by atoms with Gasteiger partial charge >= 0.3 is 5.97 Å². The largest absolute Gasteiger partial charge is 0.479 e. The molecule has 0 saturated heterocycles. The Kier molecular flexibility index (Phi) is 3.26. The van der Waals surface area contributed by atoms with E-state index in [4.69, 9.17) is 9.84 Å². The number of rotatable bonds is 4. The molecule has 1 aliphatic carbocycles. The number of aliphatic carboxylic acids is 1. The molecule has 1 aromatic rings. The molecule has 0 spiro atoms. The Bertz CT molecular complexity index is 444. The van der Waals surface area contributed by atoms with Crippen LogP contribution in [0.25, 0.3) is 0 Å². The van der Waals surface area contributed by atoms with E-state index >= 15 is 0 Å². The summed E-state index contributed by atoms with van der Waals surface area (Å²) in [5, 5.41) is 8.63. The van der Waals surface area contributed by atoms with E-state index < -0.39 is 5.97 Å². The molecule has 5 heteroatoms. The van der Waals surface area contributed by atoms with Gasteiger partial charge < -0.3 is 9.84 Å². The molecular weight excluding hydrogens is 220 g/mol. The van der Waals surface area contributed by atoms with Gasteiger partial charge in [0, 0.05) is 11.5 Å². The highest BCUT2D eigenvalue weighted by molar-refractivity contribution is 5.68. The van der Waals surface area contributed by atoms with E-state index in [-0.39, 0.29) is 12.5 Å². The molecule has 0 aliphatic heterocycles. The number of nitrogens with zero attached hydrogens (tertiary/aromatic N) is 2. The van der Waals surface area contributed by atoms with Crippen molar-refractivity contribution in [1.82, 2.24) is 9.97 Å². The Morgan fingerprint density at radius 3 is 2.82 bits per heavy atom. The van der Waals surface area contributed by atoms with Gasteiger partial charge in [-0.3, -0.25) is 0 Å². The van der Waals surface area contributed by atoms with Crippen LogP contribution in [0.1, 0.15) is 43.3 Å². The van der Waals surface area contributed by atoms with E-state index in [1.165, 1.54) is 0 Å². The van der Waals surface area contributed by atoms with E-state index in [2.05, 4.69) is 9.97 Å². The molecule has 0 unspecified atom stereocenters. The normalized spacial score (nSPS) is 13.8. The van der Waals surface area contributed by atoms with Crippen molar-refractivity contribution in [3.8, 4) is 5.88 Å². The topological polar surface area (TPSA) is 72.3 Å². The zero-order valence-electron chi connectivity index (χ0n) is 10.1. The maximum absolute atomic E-state index is 10.5. The van der Waals surface area contributed by atoms with Gasteiger partial charge in [-0.1, -0.05) is 13.8 Å². The first-order valence-corrected chi connectivity index (χ1v) is 5.82. The zero-order chi connectivity index (χ0) is 12.4. The number of fused-ring (bicyclic) bond motifs is 1. The Hall–Kier alpha value is -1.65. The van der Waals surface area contributed by atoms with E-state index in [9.17, 15) is 4.79 Å². The Morgan fingerprint density at radius 2 is 2.18 bits per heavy atom. The summed E-state index contributed by atoms with van der Waals surface area (Å²) in [4.78, 5) is 19.3. The molecule has 1 aliphatic rings. The van der Waals surface area contributed by atoms with Gasteiger partial charge in [0.2, 0.25) is 5.88 Å². The third-order valence-corrected chi connectivity index (χ3v) is 2.76. The molecule has 0 saturated carbocycles. The van der Waals surface area contributed by atoms with Crippen molar-refractivity contribution in [1.29, 1.82) is 0 Å². The number of carboxylic acids is 1. The predicted octanol–water partition coefficient (Wildman–Crippen LogP) is 1.55. The second kappa shape index (κ2) is 4.69. The minimum atomic E-state index is -0.985. The van der Waals surface area contributed by atoms with Crippen LogP contribution >= 0.6 is 0 Å². The lowest BCUT2D eigenvalue weighted by molar-refractivity contribution is -0.139. The van der Waals surface area contributed by atoms with Crippen molar-refractivity contribution in [2.45, 2.75) is 39.0 Å². The van der Waals surface area contributed by atoms with Gasteiger partial charge in [0.1, 0.15) is 5.82 Å². The summed E-state index contributed by atoms with van der Waals surface area (Å²) in [6.07, 6.45) is 2.85. The van der Waals surface area contributed by atoms with Crippen LogP contribution in [0.3, 0.4) is 0 Å². The van der Waals surface area contributed by atoms with Crippen molar-refractivity contribution < 1.29 is 14.6 Å². The zero-order valence-corrected chi connectivity index (χ0v) is 10.1. The van der Waals surface area contributed by atoms with Gasteiger partial charge in [0.05, 0.1) is 5.69 Å². The predicted molar refractivity (Wildman–Crippen MR) is 61.3 cm³/mol. The molecule has 1 N–H and O–H groups in total. The van der Waals surface area contributed by atoms with Gasteiger partial charge in [-0.05, 0) is 19.3 Å². The quantitative estimate of drug-likeness (QED) is 0.858. The minimum absolute atomic E-state index is 0.216. The molecule has 1 aromatic heterocycles. The first kappa shape index (κ1) is 11.8.